The van der Waals surface area contributed by atoms with Crippen molar-refractivity contribution in [3.63, 3.8) is 0 Å². The van der Waals surface area contributed by atoms with Crippen molar-refractivity contribution in [3.05, 3.63) is 30.1 Å². The minimum Gasteiger partial charge on any atom is -0.264 e. The number of nitrogens with zero attached hydrogens (tertiary/aromatic N) is 1. The van der Waals surface area contributed by atoms with E-state index in [2.05, 4.69) is 35.9 Å². The topological polar surface area (TPSA) is 12.9 Å². The summed E-state index contributed by atoms with van der Waals surface area (Å²) in [5.41, 5.74) is 1.46. The number of hydrogen-bond acceptors (Lipinski definition) is 2. The lowest BCUT2D eigenvalue weighted by molar-refractivity contribution is 0.301. The van der Waals surface area contributed by atoms with Gasteiger partial charge >= 0.3 is 0 Å². The number of rotatable bonds is 9. The Labute approximate surface area is 136 Å². The van der Waals surface area contributed by atoms with Crippen molar-refractivity contribution in [1.82, 2.24) is 4.98 Å². The maximum Gasteiger partial charge on any atom is 0.0302 e. The summed E-state index contributed by atoms with van der Waals surface area (Å²) in [6, 6.07) is 4.33. The molecule has 1 aromatic rings. The third-order valence-electron chi connectivity index (χ3n) is 5.02. The zero-order chi connectivity index (χ0) is 14.8. The van der Waals surface area contributed by atoms with Gasteiger partial charge in [0, 0.05) is 12.4 Å². The first kappa shape index (κ1) is 16.9. The highest BCUT2D eigenvalue weighted by molar-refractivity contribution is 7.80. The molecule has 1 aliphatic carbocycles. The van der Waals surface area contributed by atoms with Crippen molar-refractivity contribution in [1.29, 1.82) is 0 Å². The number of pyridine rings is 1. The molecule has 0 unspecified atom stereocenters. The molecule has 21 heavy (non-hydrogen) atoms. The first-order valence-electron chi connectivity index (χ1n) is 8.91. The fourth-order valence-corrected chi connectivity index (χ4v) is 3.88. The molecule has 0 saturated heterocycles. The standard InChI is InChI=1S/C19H31NS/c21-15-6-4-2-1-3-5-8-17-10-12-18(13-11-17)19-9-7-14-20-16-19/h7,9,14,16-18,21H,1-6,8,10-13,15H2. The van der Waals surface area contributed by atoms with E-state index >= 15 is 0 Å². The van der Waals surface area contributed by atoms with Crippen LogP contribution in [0.2, 0.25) is 0 Å². The molecule has 0 aromatic carbocycles. The Morgan fingerprint density at radius 2 is 1.67 bits per heavy atom. The van der Waals surface area contributed by atoms with Gasteiger partial charge in [0.25, 0.3) is 0 Å². The average Bonchev–Trinajstić information content (AvgIpc) is 2.55. The molecule has 0 amide bonds. The summed E-state index contributed by atoms with van der Waals surface area (Å²) < 4.78 is 0. The van der Waals surface area contributed by atoms with Gasteiger partial charge in [0.1, 0.15) is 0 Å². The van der Waals surface area contributed by atoms with E-state index in [9.17, 15) is 0 Å². The molecule has 0 atom stereocenters. The van der Waals surface area contributed by atoms with Crippen LogP contribution in [0.15, 0.2) is 24.5 Å². The van der Waals surface area contributed by atoms with Crippen LogP contribution in [-0.4, -0.2) is 10.7 Å². The molecular weight excluding hydrogens is 274 g/mol. The lowest BCUT2D eigenvalue weighted by Gasteiger charge is -2.28. The molecule has 0 bridgehead atoms. The predicted molar refractivity (Wildman–Crippen MR) is 95.1 cm³/mol. The monoisotopic (exact) mass is 305 g/mol. The van der Waals surface area contributed by atoms with Gasteiger partial charge in [-0.05, 0) is 61.3 Å². The fraction of sp³-hybridized carbons (Fsp3) is 0.737. The van der Waals surface area contributed by atoms with Gasteiger partial charge in [0.2, 0.25) is 0 Å². The number of hydrogen-bond donors (Lipinski definition) is 1. The molecule has 118 valence electrons. The number of aromatic nitrogens is 1. The first-order valence-corrected chi connectivity index (χ1v) is 9.54. The second kappa shape index (κ2) is 10.3. The summed E-state index contributed by atoms with van der Waals surface area (Å²) in [7, 11) is 0. The van der Waals surface area contributed by atoms with Gasteiger partial charge in [0.15, 0.2) is 0 Å². The highest BCUT2D eigenvalue weighted by Gasteiger charge is 2.21. The minimum atomic E-state index is 0.774. The normalized spacial score (nSPS) is 22.3. The highest BCUT2D eigenvalue weighted by Crippen LogP contribution is 2.37. The molecule has 1 heterocycles. The van der Waals surface area contributed by atoms with Gasteiger partial charge in [-0.3, -0.25) is 4.98 Å². The third-order valence-corrected chi connectivity index (χ3v) is 5.34. The predicted octanol–water partition coefficient (Wildman–Crippen LogP) is 6.02. The van der Waals surface area contributed by atoms with E-state index in [-0.39, 0.29) is 0 Å². The Bertz CT molecular complexity index is 357. The summed E-state index contributed by atoms with van der Waals surface area (Å²) in [4.78, 5) is 4.27. The molecule has 1 aliphatic rings. The third kappa shape index (κ3) is 6.42. The van der Waals surface area contributed by atoms with Gasteiger partial charge in [-0.1, -0.05) is 44.6 Å². The largest absolute Gasteiger partial charge is 0.264 e. The van der Waals surface area contributed by atoms with E-state index in [1.807, 2.05) is 6.20 Å². The summed E-state index contributed by atoms with van der Waals surface area (Å²) in [6.07, 6.45) is 19.4. The molecular formula is C19H31NS. The number of unbranched alkanes of at least 4 members (excludes halogenated alkanes) is 5. The Kier molecular flexibility index (Phi) is 8.24. The fourth-order valence-electron chi connectivity index (χ4n) is 3.65. The van der Waals surface area contributed by atoms with Crippen LogP contribution in [0, 0.1) is 5.92 Å². The quantitative estimate of drug-likeness (QED) is 0.435. The van der Waals surface area contributed by atoms with Crippen LogP contribution in [0.4, 0.5) is 0 Å². The van der Waals surface area contributed by atoms with Gasteiger partial charge in [-0.25, -0.2) is 0 Å². The van der Waals surface area contributed by atoms with Crippen LogP contribution < -0.4 is 0 Å². The molecule has 2 rings (SSSR count). The lowest BCUT2D eigenvalue weighted by Crippen LogP contribution is -2.13. The van der Waals surface area contributed by atoms with Crippen molar-refractivity contribution in [2.75, 3.05) is 5.75 Å². The number of thiol groups is 1. The van der Waals surface area contributed by atoms with Crippen LogP contribution in [0.1, 0.15) is 82.1 Å². The second-order valence-electron chi connectivity index (χ2n) is 6.64. The SMILES string of the molecule is SCCCCCCCCC1CCC(c2cccnc2)CC1. The van der Waals surface area contributed by atoms with Gasteiger partial charge in [-0.2, -0.15) is 12.6 Å². The summed E-state index contributed by atoms with van der Waals surface area (Å²) in [5.74, 6) is 2.83. The Morgan fingerprint density at radius 3 is 2.33 bits per heavy atom. The van der Waals surface area contributed by atoms with E-state index in [1.165, 1.54) is 76.2 Å². The lowest BCUT2D eigenvalue weighted by atomic mass is 9.77. The van der Waals surface area contributed by atoms with Gasteiger partial charge < -0.3 is 0 Å². The Morgan fingerprint density at radius 1 is 0.952 bits per heavy atom. The van der Waals surface area contributed by atoms with Crippen molar-refractivity contribution < 1.29 is 0 Å². The van der Waals surface area contributed by atoms with E-state index in [1.54, 1.807) is 0 Å². The molecule has 2 heteroatoms. The van der Waals surface area contributed by atoms with Crippen LogP contribution >= 0.6 is 12.6 Å². The van der Waals surface area contributed by atoms with Crippen molar-refractivity contribution in [2.45, 2.75) is 76.5 Å². The first-order chi connectivity index (χ1) is 10.4. The van der Waals surface area contributed by atoms with E-state index in [4.69, 9.17) is 0 Å². The van der Waals surface area contributed by atoms with Gasteiger partial charge in [0.05, 0.1) is 0 Å². The molecule has 0 spiro atoms. The van der Waals surface area contributed by atoms with E-state index in [0.717, 1.165) is 17.6 Å². The van der Waals surface area contributed by atoms with E-state index in [0.29, 0.717) is 0 Å². The van der Waals surface area contributed by atoms with Crippen molar-refractivity contribution in [3.8, 4) is 0 Å². The second-order valence-corrected chi connectivity index (χ2v) is 7.08. The van der Waals surface area contributed by atoms with Crippen LogP contribution in [-0.2, 0) is 0 Å². The maximum absolute atomic E-state index is 4.27. The molecule has 1 fully saturated rings. The Hall–Kier alpha value is -0.500. The maximum atomic E-state index is 4.27. The summed E-state index contributed by atoms with van der Waals surface area (Å²) in [6.45, 7) is 0. The average molecular weight is 306 g/mol. The van der Waals surface area contributed by atoms with Crippen LogP contribution in [0.25, 0.3) is 0 Å². The van der Waals surface area contributed by atoms with Crippen molar-refractivity contribution >= 4 is 12.6 Å². The molecule has 0 aliphatic heterocycles. The van der Waals surface area contributed by atoms with Crippen molar-refractivity contribution in [2.24, 2.45) is 5.92 Å². The minimum absolute atomic E-state index is 0.774. The molecule has 0 radical (unpaired) electrons. The zero-order valence-corrected chi connectivity index (χ0v) is 14.2. The van der Waals surface area contributed by atoms with E-state index < -0.39 is 0 Å². The smallest absolute Gasteiger partial charge is 0.0302 e. The van der Waals surface area contributed by atoms with Gasteiger partial charge in [-0.15, -0.1) is 0 Å². The summed E-state index contributed by atoms with van der Waals surface area (Å²) >= 11 is 4.26. The molecule has 1 aromatic heterocycles. The summed E-state index contributed by atoms with van der Waals surface area (Å²) in [5, 5.41) is 0. The molecule has 1 nitrogen and oxygen atoms in total. The molecule has 0 N–H and O–H groups in total. The van der Waals surface area contributed by atoms with Crippen LogP contribution in [0.5, 0.6) is 0 Å². The van der Waals surface area contributed by atoms with Crippen LogP contribution in [0.3, 0.4) is 0 Å². The molecule has 1 saturated carbocycles. The Balaban J connectivity index is 1.53. The zero-order valence-electron chi connectivity index (χ0n) is 13.3. The highest BCUT2D eigenvalue weighted by atomic mass is 32.1.